The number of sulfonamides is 1. The van der Waals surface area contributed by atoms with E-state index >= 15 is 0 Å². The molecular formula is C12H9Br2NO3S. The van der Waals surface area contributed by atoms with Gasteiger partial charge in [-0.25, -0.2) is 8.42 Å². The largest absolute Gasteiger partial charge is 0.506 e. The minimum Gasteiger partial charge on any atom is -0.506 e. The molecule has 0 amide bonds. The molecule has 100 valence electrons. The minimum absolute atomic E-state index is 0.0164. The highest BCUT2D eigenvalue weighted by molar-refractivity contribution is 9.11. The first kappa shape index (κ1) is 14.4. The lowest BCUT2D eigenvalue weighted by Crippen LogP contribution is -2.12. The highest BCUT2D eigenvalue weighted by atomic mass is 79.9. The summed E-state index contributed by atoms with van der Waals surface area (Å²) >= 11 is 6.29. The van der Waals surface area contributed by atoms with Gasteiger partial charge in [0, 0.05) is 0 Å². The summed E-state index contributed by atoms with van der Waals surface area (Å²) in [5, 5.41) is 9.58. The molecular weight excluding hydrogens is 398 g/mol. The topological polar surface area (TPSA) is 66.4 Å². The normalized spacial score (nSPS) is 11.3. The number of benzene rings is 2. The SMILES string of the molecule is O=S(=O)(Nc1cc(Br)c(O)c(Br)c1)c1ccccc1. The maximum absolute atomic E-state index is 12.1. The molecule has 0 saturated carbocycles. The average molecular weight is 407 g/mol. The van der Waals surface area contributed by atoms with Crippen molar-refractivity contribution in [2.24, 2.45) is 0 Å². The van der Waals surface area contributed by atoms with Gasteiger partial charge in [0.05, 0.1) is 19.5 Å². The summed E-state index contributed by atoms with van der Waals surface area (Å²) in [6, 6.07) is 11.0. The van der Waals surface area contributed by atoms with Gasteiger partial charge in [0.15, 0.2) is 0 Å². The van der Waals surface area contributed by atoms with Crippen molar-refractivity contribution in [3.05, 3.63) is 51.4 Å². The summed E-state index contributed by atoms with van der Waals surface area (Å²) < 4.78 is 27.4. The molecule has 0 aliphatic carbocycles. The van der Waals surface area contributed by atoms with Crippen LogP contribution in [0.5, 0.6) is 5.75 Å². The van der Waals surface area contributed by atoms with Crippen molar-refractivity contribution >= 4 is 47.6 Å². The maximum Gasteiger partial charge on any atom is 0.261 e. The average Bonchev–Trinajstić information content (AvgIpc) is 2.36. The van der Waals surface area contributed by atoms with Crippen LogP contribution in [-0.2, 0) is 10.0 Å². The number of phenols is 1. The van der Waals surface area contributed by atoms with Crippen LogP contribution in [-0.4, -0.2) is 13.5 Å². The molecule has 2 aromatic carbocycles. The molecule has 0 unspecified atom stereocenters. The number of halogens is 2. The molecule has 7 heteroatoms. The summed E-state index contributed by atoms with van der Waals surface area (Å²) in [5.74, 6) is 0.0164. The Morgan fingerprint density at radius 2 is 1.53 bits per heavy atom. The van der Waals surface area contributed by atoms with Gasteiger partial charge in [0.25, 0.3) is 10.0 Å². The van der Waals surface area contributed by atoms with E-state index in [0.717, 1.165) is 0 Å². The second kappa shape index (κ2) is 5.52. The fraction of sp³-hybridized carbons (Fsp3) is 0. The van der Waals surface area contributed by atoms with Crippen LogP contribution in [0.4, 0.5) is 5.69 Å². The molecule has 0 aliphatic heterocycles. The molecule has 19 heavy (non-hydrogen) atoms. The Bertz CT molecular complexity index is 679. The Balaban J connectivity index is 2.37. The van der Waals surface area contributed by atoms with Crippen LogP contribution < -0.4 is 4.72 Å². The maximum atomic E-state index is 12.1. The molecule has 0 fully saturated rings. The first-order chi connectivity index (χ1) is 8.90. The predicted molar refractivity (Wildman–Crippen MR) is 80.8 cm³/mol. The molecule has 0 bridgehead atoms. The van der Waals surface area contributed by atoms with Crippen LogP contribution in [0.25, 0.3) is 0 Å². The Morgan fingerprint density at radius 3 is 2.05 bits per heavy atom. The lowest BCUT2D eigenvalue weighted by molar-refractivity contribution is 0.468. The van der Waals surface area contributed by atoms with Gasteiger partial charge >= 0.3 is 0 Å². The van der Waals surface area contributed by atoms with Gasteiger partial charge in [-0.2, -0.15) is 0 Å². The lowest BCUT2D eigenvalue weighted by Gasteiger charge is -2.10. The third-order valence-electron chi connectivity index (χ3n) is 2.32. The first-order valence-corrected chi connectivity index (χ1v) is 8.23. The third kappa shape index (κ3) is 3.29. The number of nitrogens with one attached hydrogen (secondary N) is 1. The van der Waals surface area contributed by atoms with E-state index in [0.29, 0.717) is 14.6 Å². The molecule has 0 spiro atoms. The van der Waals surface area contributed by atoms with Gasteiger partial charge in [0.2, 0.25) is 0 Å². The van der Waals surface area contributed by atoms with Gasteiger partial charge in [-0.15, -0.1) is 0 Å². The molecule has 4 nitrogen and oxygen atoms in total. The highest BCUT2D eigenvalue weighted by Crippen LogP contribution is 2.35. The van der Waals surface area contributed by atoms with Crippen molar-refractivity contribution in [2.45, 2.75) is 4.90 Å². The quantitative estimate of drug-likeness (QED) is 0.763. The molecule has 0 aromatic heterocycles. The third-order valence-corrected chi connectivity index (χ3v) is 4.93. The molecule has 0 atom stereocenters. The zero-order valence-corrected chi connectivity index (χ0v) is 13.5. The van der Waals surface area contributed by atoms with Crippen molar-refractivity contribution in [3.8, 4) is 5.75 Å². The van der Waals surface area contributed by atoms with Crippen LogP contribution in [0, 0.1) is 0 Å². The molecule has 2 rings (SSSR count). The summed E-state index contributed by atoms with van der Waals surface area (Å²) in [5.41, 5.74) is 0.348. The number of anilines is 1. The van der Waals surface area contributed by atoms with Gasteiger partial charge < -0.3 is 5.11 Å². The smallest absolute Gasteiger partial charge is 0.261 e. The fourth-order valence-electron chi connectivity index (χ4n) is 1.44. The van der Waals surface area contributed by atoms with Crippen molar-refractivity contribution in [1.29, 1.82) is 0 Å². The van der Waals surface area contributed by atoms with Crippen molar-refractivity contribution in [2.75, 3.05) is 4.72 Å². The van der Waals surface area contributed by atoms with Gasteiger partial charge in [0.1, 0.15) is 5.75 Å². The number of phenolic OH excluding ortho intramolecular Hbond substituents is 1. The molecule has 0 saturated heterocycles. The van der Waals surface area contributed by atoms with E-state index in [1.165, 1.54) is 24.3 Å². The van der Waals surface area contributed by atoms with E-state index < -0.39 is 10.0 Å². The number of hydrogen-bond donors (Lipinski definition) is 2. The molecule has 0 aliphatic rings. The fourth-order valence-corrected chi connectivity index (χ4v) is 3.69. The van der Waals surface area contributed by atoms with E-state index in [-0.39, 0.29) is 10.6 Å². The van der Waals surface area contributed by atoms with Gasteiger partial charge in [-0.3, -0.25) is 4.72 Å². The van der Waals surface area contributed by atoms with Crippen LogP contribution in [0.1, 0.15) is 0 Å². The van der Waals surface area contributed by atoms with Crippen molar-refractivity contribution in [1.82, 2.24) is 0 Å². The van der Waals surface area contributed by atoms with Crippen LogP contribution in [0.2, 0.25) is 0 Å². The standard InChI is InChI=1S/C12H9Br2NO3S/c13-10-6-8(7-11(14)12(10)16)15-19(17,18)9-4-2-1-3-5-9/h1-7,15-16H. The van der Waals surface area contributed by atoms with E-state index in [2.05, 4.69) is 36.6 Å². The number of hydrogen-bond acceptors (Lipinski definition) is 3. The summed E-state index contributed by atoms with van der Waals surface area (Å²) in [6.07, 6.45) is 0. The second-order valence-corrected chi connectivity index (χ2v) is 7.10. The Kier molecular flexibility index (Phi) is 4.17. The molecule has 0 radical (unpaired) electrons. The van der Waals surface area contributed by atoms with E-state index in [4.69, 9.17) is 0 Å². The lowest BCUT2D eigenvalue weighted by atomic mass is 10.3. The Labute approximate surface area is 127 Å². The van der Waals surface area contributed by atoms with Crippen molar-refractivity contribution in [3.63, 3.8) is 0 Å². The Morgan fingerprint density at radius 1 is 1.00 bits per heavy atom. The first-order valence-electron chi connectivity index (χ1n) is 5.16. The van der Waals surface area contributed by atoms with Crippen molar-refractivity contribution < 1.29 is 13.5 Å². The van der Waals surface area contributed by atoms with E-state index in [9.17, 15) is 13.5 Å². The van der Waals surface area contributed by atoms with Crippen LogP contribution >= 0.6 is 31.9 Å². The highest BCUT2D eigenvalue weighted by Gasteiger charge is 2.15. The van der Waals surface area contributed by atoms with Gasteiger partial charge in [-0.05, 0) is 56.1 Å². The summed E-state index contributed by atoms with van der Waals surface area (Å²) in [7, 11) is -3.63. The van der Waals surface area contributed by atoms with Crippen LogP contribution in [0.15, 0.2) is 56.3 Å². The zero-order chi connectivity index (χ0) is 14.0. The van der Waals surface area contributed by atoms with E-state index in [1.807, 2.05) is 0 Å². The number of rotatable bonds is 3. The molecule has 0 heterocycles. The molecule has 2 aromatic rings. The molecule has 2 N–H and O–H groups in total. The van der Waals surface area contributed by atoms with Gasteiger partial charge in [-0.1, -0.05) is 18.2 Å². The summed E-state index contributed by atoms with van der Waals surface area (Å²) in [4.78, 5) is 0.176. The van der Waals surface area contributed by atoms with E-state index in [1.54, 1.807) is 18.2 Å². The Hall–Kier alpha value is -1.05. The number of aromatic hydroxyl groups is 1. The zero-order valence-electron chi connectivity index (χ0n) is 9.47. The summed E-state index contributed by atoms with van der Waals surface area (Å²) in [6.45, 7) is 0. The van der Waals surface area contributed by atoms with Crippen LogP contribution in [0.3, 0.4) is 0 Å². The monoisotopic (exact) mass is 405 g/mol. The predicted octanol–water partition coefficient (Wildman–Crippen LogP) is 3.72. The minimum atomic E-state index is -3.63. The second-order valence-electron chi connectivity index (χ2n) is 3.71.